The molecular formula is C7H6FIO. The Balaban J connectivity index is 3.31. The van der Waals surface area contributed by atoms with Crippen molar-refractivity contribution in [3.8, 4) is 5.75 Å². The smallest absolute Gasteiger partial charge is 0.139 e. The van der Waals surface area contributed by atoms with Crippen molar-refractivity contribution in [2.45, 2.75) is 6.92 Å². The molecule has 0 radical (unpaired) electrons. The van der Waals surface area contributed by atoms with Gasteiger partial charge in [0.15, 0.2) is 0 Å². The maximum Gasteiger partial charge on any atom is 0.139 e. The van der Waals surface area contributed by atoms with Gasteiger partial charge in [0.05, 0.1) is 3.57 Å². The number of aryl methyl sites for hydroxylation is 1. The van der Waals surface area contributed by atoms with Gasteiger partial charge in [0.2, 0.25) is 0 Å². The minimum absolute atomic E-state index is 0.114. The highest BCUT2D eigenvalue weighted by Gasteiger charge is 2.03. The molecule has 0 aliphatic rings. The number of hydrogen-bond donors (Lipinski definition) is 1. The lowest BCUT2D eigenvalue weighted by molar-refractivity contribution is 0.471. The van der Waals surface area contributed by atoms with Gasteiger partial charge in [0.25, 0.3) is 0 Å². The molecule has 0 saturated carbocycles. The maximum absolute atomic E-state index is 12.8. The van der Waals surface area contributed by atoms with Crippen LogP contribution in [0.2, 0.25) is 0 Å². The topological polar surface area (TPSA) is 20.2 Å². The van der Waals surface area contributed by atoms with Crippen LogP contribution in [-0.4, -0.2) is 5.11 Å². The minimum Gasteiger partial charge on any atom is -0.508 e. The van der Waals surface area contributed by atoms with Crippen LogP contribution in [0.3, 0.4) is 0 Å². The molecule has 1 aromatic carbocycles. The number of phenolic OH excluding ortho intramolecular Hbond substituents is 1. The van der Waals surface area contributed by atoms with Crippen molar-refractivity contribution in [2.24, 2.45) is 0 Å². The Bertz CT molecular complexity index is 237. The molecule has 0 unspecified atom stereocenters. The zero-order valence-corrected chi connectivity index (χ0v) is 7.52. The third-order valence-corrected chi connectivity index (χ3v) is 1.98. The molecule has 1 nitrogen and oxygen atoms in total. The van der Waals surface area contributed by atoms with E-state index in [1.165, 1.54) is 12.1 Å². The first kappa shape index (κ1) is 7.78. The summed E-state index contributed by atoms with van der Waals surface area (Å²) in [4.78, 5) is 0. The van der Waals surface area contributed by atoms with Crippen LogP contribution in [0.15, 0.2) is 12.1 Å². The Morgan fingerprint density at radius 2 is 2.10 bits per heavy atom. The molecule has 0 spiro atoms. The normalized spacial score (nSPS) is 9.90. The summed E-state index contributed by atoms with van der Waals surface area (Å²) >= 11 is 1.84. The summed E-state index contributed by atoms with van der Waals surface area (Å²) in [5, 5.41) is 8.95. The molecule has 10 heavy (non-hydrogen) atoms. The molecule has 0 bridgehead atoms. The third kappa shape index (κ3) is 1.39. The fraction of sp³-hybridized carbons (Fsp3) is 0.143. The fourth-order valence-electron chi connectivity index (χ4n) is 0.708. The molecule has 1 aromatic rings. The monoisotopic (exact) mass is 252 g/mol. The maximum atomic E-state index is 12.8. The predicted molar refractivity (Wildman–Crippen MR) is 45.5 cm³/mol. The van der Waals surface area contributed by atoms with Crippen LogP contribution < -0.4 is 0 Å². The number of phenols is 1. The first-order valence-electron chi connectivity index (χ1n) is 2.76. The lowest BCUT2D eigenvalue weighted by Gasteiger charge is -1.98. The summed E-state index contributed by atoms with van der Waals surface area (Å²) in [6.07, 6.45) is 0. The van der Waals surface area contributed by atoms with E-state index in [0.717, 1.165) is 0 Å². The van der Waals surface area contributed by atoms with Crippen LogP contribution in [-0.2, 0) is 0 Å². The van der Waals surface area contributed by atoms with E-state index in [9.17, 15) is 4.39 Å². The van der Waals surface area contributed by atoms with Crippen molar-refractivity contribution in [2.75, 3.05) is 0 Å². The van der Waals surface area contributed by atoms with Crippen LogP contribution >= 0.6 is 22.6 Å². The molecule has 1 N–H and O–H groups in total. The highest BCUT2D eigenvalue weighted by Crippen LogP contribution is 2.20. The first-order chi connectivity index (χ1) is 4.61. The van der Waals surface area contributed by atoms with E-state index in [4.69, 9.17) is 5.11 Å². The van der Waals surface area contributed by atoms with E-state index in [1.54, 1.807) is 6.92 Å². The van der Waals surface area contributed by atoms with Crippen LogP contribution in [0.1, 0.15) is 5.56 Å². The van der Waals surface area contributed by atoms with E-state index < -0.39 is 0 Å². The van der Waals surface area contributed by atoms with Crippen molar-refractivity contribution < 1.29 is 9.50 Å². The average molecular weight is 252 g/mol. The molecule has 0 heterocycles. The summed E-state index contributed by atoms with van der Waals surface area (Å²) in [5.41, 5.74) is 0.476. The Morgan fingerprint density at radius 1 is 1.50 bits per heavy atom. The lowest BCUT2D eigenvalue weighted by Crippen LogP contribution is -1.85. The summed E-state index contributed by atoms with van der Waals surface area (Å²) < 4.78 is 13.2. The van der Waals surface area contributed by atoms with Crippen LogP contribution in [0.25, 0.3) is 0 Å². The fourth-order valence-corrected chi connectivity index (χ4v) is 1.45. The quantitative estimate of drug-likeness (QED) is 0.703. The molecule has 0 saturated heterocycles. The SMILES string of the molecule is Cc1cc(O)cc(I)c1F. The standard InChI is InChI=1S/C7H6FIO/c1-4-2-5(10)3-6(9)7(4)8/h2-3,10H,1H3. The number of halogens is 2. The van der Waals surface area contributed by atoms with E-state index in [1.807, 2.05) is 22.6 Å². The summed E-state index contributed by atoms with van der Waals surface area (Å²) in [7, 11) is 0. The van der Waals surface area contributed by atoms with Crippen molar-refractivity contribution in [3.05, 3.63) is 27.1 Å². The van der Waals surface area contributed by atoms with Gasteiger partial charge in [-0.3, -0.25) is 0 Å². The van der Waals surface area contributed by atoms with Gasteiger partial charge in [-0.1, -0.05) is 0 Å². The predicted octanol–water partition coefficient (Wildman–Crippen LogP) is 2.44. The van der Waals surface area contributed by atoms with E-state index >= 15 is 0 Å². The van der Waals surface area contributed by atoms with Gasteiger partial charge in [0.1, 0.15) is 11.6 Å². The number of benzene rings is 1. The van der Waals surface area contributed by atoms with Gasteiger partial charge >= 0.3 is 0 Å². The summed E-state index contributed by atoms with van der Waals surface area (Å²) in [6.45, 7) is 1.62. The second-order valence-corrected chi connectivity index (χ2v) is 3.22. The van der Waals surface area contributed by atoms with E-state index in [-0.39, 0.29) is 11.6 Å². The zero-order valence-electron chi connectivity index (χ0n) is 5.36. The molecule has 0 atom stereocenters. The highest BCUT2D eigenvalue weighted by molar-refractivity contribution is 14.1. The van der Waals surface area contributed by atoms with Crippen molar-refractivity contribution in [1.29, 1.82) is 0 Å². The van der Waals surface area contributed by atoms with Crippen molar-refractivity contribution >= 4 is 22.6 Å². The van der Waals surface area contributed by atoms with Gasteiger partial charge < -0.3 is 5.11 Å². The largest absolute Gasteiger partial charge is 0.508 e. The Labute approximate surface area is 72.0 Å². The molecule has 1 rings (SSSR count). The minimum atomic E-state index is -0.251. The molecular weight excluding hydrogens is 246 g/mol. The lowest BCUT2D eigenvalue weighted by atomic mass is 10.2. The number of rotatable bonds is 0. The van der Waals surface area contributed by atoms with Gasteiger partial charge in [0, 0.05) is 0 Å². The Morgan fingerprint density at radius 3 is 2.60 bits per heavy atom. The van der Waals surface area contributed by atoms with E-state index in [2.05, 4.69) is 0 Å². The second-order valence-electron chi connectivity index (χ2n) is 2.06. The third-order valence-electron chi connectivity index (χ3n) is 1.19. The molecule has 3 heteroatoms. The molecule has 0 aliphatic carbocycles. The second kappa shape index (κ2) is 2.74. The Hall–Kier alpha value is -0.320. The van der Waals surface area contributed by atoms with Gasteiger partial charge in [-0.25, -0.2) is 4.39 Å². The number of aromatic hydroxyl groups is 1. The molecule has 0 amide bonds. The Kier molecular flexibility index (Phi) is 2.13. The van der Waals surface area contributed by atoms with Crippen molar-refractivity contribution in [3.63, 3.8) is 0 Å². The molecule has 0 fully saturated rings. The van der Waals surface area contributed by atoms with Crippen LogP contribution in [0.4, 0.5) is 4.39 Å². The summed E-state index contributed by atoms with van der Waals surface area (Å²) in [6, 6.07) is 2.79. The summed E-state index contributed by atoms with van der Waals surface area (Å²) in [5.74, 6) is -0.137. The van der Waals surface area contributed by atoms with Gasteiger partial charge in [-0.05, 0) is 47.2 Å². The first-order valence-corrected chi connectivity index (χ1v) is 3.84. The van der Waals surface area contributed by atoms with Crippen LogP contribution in [0, 0.1) is 16.3 Å². The average Bonchev–Trinajstić information content (AvgIpc) is 1.82. The molecule has 54 valence electrons. The van der Waals surface area contributed by atoms with Crippen molar-refractivity contribution in [1.82, 2.24) is 0 Å². The number of hydrogen-bond acceptors (Lipinski definition) is 1. The molecule has 0 aliphatic heterocycles. The van der Waals surface area contributed by atoms with E-state index in [0.29, 0.717) is 9.13 Å². The highest BCUT2D eigenvalue weighted by atomic mass is 127. The zero-order chi connectivity index (χ0) is 7.72. The van der Waals surface area contributed by atoms with Crippen LogP contribution in [0.5, 0.6) is 5.75 Å². The van der Waals surface area contributed by atoms with Gasteiger partial charge in [-0.2, -0.15) is 0 Å². The van der Waals surface area contributed by atoms with Gasteiger partial charge in [-0.15, -0.1) is 0 Å². The molecule has 0 aromatic heterocycles.